The van der Waals surface area contributed by atoms with Crippen LogP contribution in [0.4, 0.5) is 0 Å². The van der Waals surface area contributed by atoms with E-state index in [9.17, 15) is 0 Å². The number of rotatable bonds is 4. The Hall–Kier alpha value is 0.100. The van der Waals surface area contributed by atoms with Gasteiger partial charge in [-0.25, -0.2) is 0 Å². The van der Waals surface area contributed by atoms with Crippen LogP contribution in [0.2, 0.25) is 0 Å². The van der Waals surface area contributed by atoms with Gasteiger partial charge in [0, 0.05) is 19.1 Å². The molecule has 1 unspecified atom stereocenters. The van der Waals surface area contributed by atoms with Crippen molar-refractivity contribution in [1.29, 1.82) is 0 Å². The van der Waals surface area contributed by atoms with Crippen molar-refractivity contribution in [3.05, 3.63) is 20.8 Å². The third-order valence-electron chi connectivity index (χ3n) is 2.95. The van der Waals surface area contributed by atoms with E-state index in [-0.39, 0.29) is 0 Å². The van der Waals surface area contributed by atoms with Gasteiger partial charge in [-0.3, -0.25) is 4.90 Å². The van der Waals surface area contributed by atoms with E-state index in [1.54, 1.807) is 11.3 Å². The smallest absolute Gasteiger partial charge is 0.0701 e. The van der Waals surface area contributed by atoms with E-state index >= 15 is 0 Å². The number of hydrogen-bond donors (Lipinski definition) is 1. The van der Waals surface area contributed by atoms with Gasteiger partial charge in [0.05, 0.1) is 3.79 Å². The molecule has 4 heteroatoms. The molecule has 2 heterocycles. The summed E-state index contributed by atoms with van der Waals surface area (Å²) in [6, 6.07) is 2.97. The zero-order valence-electron chi connectivity index (χ0n) is 9.00. The topological polar surface area (TPSA) is 15.3 Å². The van der Waals surface area contributed by atoms with Gasteiger partial charge < -0.3 is 5.32 Å². The number of hydrogen-bond acceptors (Lipinski definition) is 3. The van der Waals surface area contributed by atoms with Crippen molar-refractivity contribution in [1.82, 2.24) is 10.2 Å². The lowest BCUT2D eigenvalue weighted by Crippen LogP contribution is -2.36. The number of likely N-dealkylation sites (N-methyl/N-ethyl adjacent to an activating group) is 1. The fourth-order valence-electron chi connectivity index (χ4n) is 2.23. The van der Waals surface area contributed by atoms with Crippen molar-refractivity contribution < 1.29 is 0 Å². The molecule has 0 saturated carbocycles. The molecule has 1 aromatic heterocycles. The van der Waals surface area contributed by atoms with Crippen LogP contribution in [-0.2, 0) is 6.54 Å². The maximum Gasteiger partial charge on any atom is 0.0701 e. The van der Waals surface area contributed by atoms with Crippen LogP contribution in [0.25, 0.3) is 0 Å². The Labute approximate surface area is 104 Å². The van der Waals surface area contributed by atoms with Crippen LogP contribution in [-0.4, -0.2) is 31.1 Å². The first-order valence-corrected chi connectivity index (χ1v) is 7.08. The van der Waals surface area contributed by atoms with E-state index in [0.717, 1.165) is 19.1 Å². The van der Waals surface area contributed by atoms with Crippen molar-refractivity contribution in [3.63, 3.8) is 0 Å². The fraction of sp³-hybridized carbons (Fsp3) is 0.636. The minimum Gasteiger partial charge on any atom is -0.318 e. The van der Waals surface area contributed by atoms with Gasteiger partial charge in [-0.1, -0.05) is 0 Å². The largest absolute Gasteiger partial charge is 0.318 e. The quantitative estimate of drug-likeness (QED) is 0.917. The minimum absolute atomic E-state index is 0.730. The van der Waals surface area contributed by atoms with Gasteiger partial charge in [-0.15, -0.1) is 11.3 Å². The predicted molar refractivity (Wildman–Crippen MR) is 69.4 cm³/mol. The second-order valence-corrected chi connectivity index (χ2v) is 6.37. The van der Waals surface area contributed by atoms with Gasteiger partial charge in [0.25, 0.3) is 0 Å². The van der Waals surface area contributed by atoms with Crippen LogP contribution < -0.4 is 5.32 Å². The molecule has 0 bridgehead atoms. The highest BCUT2D eigenvalue weighted by Crippen LogP contribution is 2.25. The number of thiophene rings is 1. The van der Waals surface area contributed by atoms with Crippen molar-refractivity contribution in [2.24, 2.45) is 0 Å². The second-order valence-electron chi connectivity index (χ2n) is 4.08. The molecule has 0 radical (unpaired) electrons. The number of halogens is 1. The first-order chi connectivity index (χ1) is 7.29. The molecule has 15 heavy (non-hydrogen) atoms. The average molecular weight is 289 g/mol. The number of nitrogens with zero attached hydrogens (tertiary/aromatic N) is 1. The van der Waals surface area contributed by atoms with Gasteiger partial charge in [0.2, 0.25) is 0 Å². The highest BCUT2D eigenvalue weighted by atomic mass is 79.9. The lowest BCUT2D eigenvalue weighted by Gasteiger charge is -2.23. The molecule has 1 aliphatic heterocycles. The van der Waals surface area contributed by atoms with Crippen molar-refractivity contribution in [2.45, 2.75) is 25.4 Å². The van der Waals surface area contributed by atoms with Crippen LogP contribution in [0.3, 0.4) is 0 Å². The Balaban J connectivity index is 1.93. The van der Waals surface area contributed by atoms with Gasteiger partial charge >= 0.3 is 0 Å². The highest BCUT2D eigenvalue weighted by molar-refractivity contribution is 9.11. The molecule has 1 N–H and O–H groups in total. The highest BCUT2D eigenvalue weighted by Gasteiger charge is 2.23. The van der Waals surface area contributed by atoms with E-state index in [1.165, 1.54) is 28.7 Å². The summed E-state index contributed by atoms with van der Waals surface area (Å²) in [5, 5.41) is 5.53. The van der Waals surface area contributed by atoms with Crippen LogP contribution in [0.5, 0.6) is 0 Å². The van der Waals surface area contributed by atoms with Gasteiger partial charge in [0.1, 0.15) is 0 Å². The summed E-state index contributed by atoms with van der Waals surface area (Å²) < 4.78 is 1.24. The summed E-state index contributed by atoms with van der Waals surface area (Å²) in [5.74, 6) is 0. The van der Waals surface area contributed by atoms with E-state index in [1.807, 2.05) is 7.05 Å². The summed E-state index contributed by atoms with van der Waals surface area (Å²) in [6.07, 6.45) is 2.68. The minimum atomic E-state index is 0.730. The van der Waals surface area contributed by atoms with Crippen LogP contribution >= 0.6 is 27.3 Å². The SMILES string of the molecule is CNCC1CCCN1Cc1csc(Br)c1. The molecule has 0 aromatic carbocycles. The average Bonchev–Trinajstić information content (AvgIpc) is 2.78. The Bertz CT molecular complexity index is 313. The maximum atomic E-state index is 3.52. The van der Waals surface area contributed by atoms with Crippen LogP contribution in [0.1, 0.15) is 18.4 Å². The zero-order chi connectivity index (χ0) is 10.7. The molecule has 1 atom stereocenters. The molecule has 84 valence electrons. The molecule has 0 aliphatic carbocycles. The Kier molecular flexibility index (Phi) is 4.20. The van der Waals surface area contributed by atoms with Gasteiger partial charge in [0.15, 0.2) is 0 Å². The maximum absolute atomic E-state index is 3.52. The molecular weight excluding hydrogens is 272 g/mol. The molecule has 1 aliphatic rings. The normalized spacial score (nSPS) is 22.4. The van der Waals surface area contributed by atoms with Crippen LogP contribution in [0, 0.1) is 0 Å². The summed E-state index contributed by atoms with van der Waals surface area (Å²) in [6.45, 7) is 3.47. The molecular formula is C11H17BrN2S. The van der Waals surface area contributed by atoms with Gasteiger partial charge in [-0.05, 0) is 59.4 Å². The summed E-state index contributed by atoms with van der Waals surface area (Å²) in [4.78, 5) is 2.59. The van der Waals surface area contributed by atoms with E-state index < -0.39 is 0 Å². The Morgan fingerprint density at radius 1 is 1.67 bits per heavy atom. The molecule has 0 amide bonds. The lowest BCUT2D eigenvalue weighted by atomic mass is 10.2. The first kappa shape index (κ1) is 11.6. The number of nitrogens with one attached hydrogen (secondary N) is 1. The van der Waals surface area contributed by atoms with Crippen molar-refractivity contribution >= 4 is 27.3 Å². The molecule has 2 rings (SSSR count). The Morgan fingerprint density at radius 3 is 3.20 bits per heavy atom. The summed E-state index contributed by atoms with van der Waals surface area (Å²) in [7, 11) is 2.04. The molecule has 1 saturated heterocycles. The van der Waals surface area contributed by atoms with Crippen molar-refractivity contribution in [2.75, 3.05) is 20.1 Å². The summed E-state index contributed by atoms with van der Waals surface area (Å²) >= 11 is 5.29. The Morgan fingerprint density at radius 2 is 2.53 bits per heavy atom. The molecule has 1 aromatic rings. The zero-order valence-corrected chi connectivity index (χ0v) is 11.4. The second kappa shape index (κ2) is 5.43. The monoisotopic (exact) mass is 288 g/mol. The fourth-order valence-corrected chi connectivity index (χ4v) is 3.43. The standard InChI is InChI=1S/C11H17BrN2S/c1-13-6-10-3-2-4-14(10)7-9-5-11(12)15-8-9/h5,8,10,13H,2-4,6-7H2,1H3. The van der Waals surface area contributed by atoms with Crippen LogP contribution in [0.15, 0.2) is 15.2 Å². The van der Waals surface area contributed by atoms with Gasteiger partial charge in [-0.2, -0.15) is 0 Å². The third-order valence-corrected chi connectivity index (χ3v) is 4.50. The third kappa shape index (κ3) is 3.03. The predicted octanol–water partition coefficient (Wildman–Crippen LogP) is 2.69. The first-order valence-electron chi connectivity index (χ1n) is 5.41. The van der Waals surface area contributed by atoms with E-state index in [0.29, 0.717) is 0 Å². The molecule has 2 nitrogen and oxygen atoms in total. The lowest BCUT2D eigenvalue weighted by molar-refractivity contribution is 0.242. The van der Waals surface area contributed by atoms with Crippen molar-refractivity contribution in [3.8, 4) is 0 Å². The number of likely N-dealkylation sites (tertiary alicyclic amines) is 1. The van der Waals surface area contributed by atoms with E-state index in [4.69, 9.17) is 0 Å². The molecule has 0 spiro atoms. The summed E-state index contributed by atoms with van der Waals surface area (Å²) in [5.41, 5.74) is 1.44. The van der Waals surface area contributed by atoms with E-state index in [2.05, 4.69) is 37.6 Å². The molecule has 1 fully saturated rings.